The number of hydrogen-bond donors (Lipinski definition) is 4. The standard InChI is InChI=1S/C22H24N2O6/c1-15(7-5-6-10-19(26)24-29)20(16-11-13-18(25)14-12-16)30-22(28)23-21(27)17-8-3-2-4-9-17/h2-4,6,8-15,20,25,29H,5,7H2,1H3,(H,24,26)(H,23,27,28)/b10-6+/t15-,20+/m0/s1. The van der Waals surface area contributed by atoms with E-state index in [1.807, 2.05) is 6.92 Å². The van der Waals surface area contributed by atoms with Crippen LogP contribution in [0.4, 0.5) is 4.79 Å². The van der Waals surface area contributed by atoms with Crippen LogP contribution in [0, 0.1) is 5.92 Å². The monoisotopic (exact) mass is 412 g/mol. The summed E-state index contributed by atoms with van der Waals surface area (Å²) in [5.41, 5.74) is 2.49. The molecule has 2 rings (SSSR count). The average Bonchev–Trinajstić information content (AvgIpc) is 2.76. The number of nitrogens with one attached hydrogen (secondary N) is 2. The predicted octanol–water partition coefficient (Wildman–Crippen LogP) is 3.48. The lowest BCUT2D eigenvalue weighted by Crippen LogP contribution is -2.33. The van der Waals surface area contributed by atoms with Crippen LogP contribution in [0.15, 0.2) is 66.7 Å². The van der Waals surface area contributed by atoms with E-state index in [9.17, 15) is 19.5 Å². The SMILES string of the molecule is C[C@@H](CC/C=C/C(=O)NO)[C@@H](OC(=O)NC(=O)c1ccccc1)c1ccc(O)cc1. The Morgan fingerprint density at radius 1 is 1.07 bits per heavy atom. The minimum Gasteiger partial charge on any atom is -0.508 e. The Hall–Kier alpha value is -3.65. The molecule has 158 valence electrons. The fourth-order valence-electron chi connectivity index (χ4n) is 2.81. The first-order valence-corrected chi connectivity index (χ1v) is 9.37. The molecule has 30 heavy (non-hydrogen) atoms. The average molecular weight is 412 g/mol. The Kier molecular flexibility index (Phi) is 8.58. The molecule has 2 atom stereocenters. The Bertz CT molecular complexity index is 880. The maximum absolute atomic E-state index is 12.3. The summed E-state index contributed by atoms with van der Waals surface area (Å²) in [7, 11) is 0. The quantitative estimate of drug-likeness (QED) is 0.299. The summed E-state index contributed by atoms with van der Waals surface area (Å²) in [5, 5.41) is 20.2. The Labute approximate surface area is 174 Å². The summed E-state index contributed by atoms with van der Waals surface area (Å²) in [6.07, 6.45) is 2.28. The summed E-state index contributed by atoms with van der Waals surface area (Å²) in [6, 6.07) is 14.5. The molecule has 2 aromatic carbocycles. The first kappa shape index (κ1) is 22.6. The molecule has 0 aliphatic rings. The van der Waals surface area contributed by atoms with E-state index in [0.29, 0.717) is 24.0 Å². The molecule has 0 aliphatic carbocycles. The van der Waals surface area contributed by atoms with Crippen molar-refractivity contribution in [1.29, 1.82) is 0 Å². The number of carbonyl (C=O) groups is 3. The third-order valence-corrected chi connectivity index (χ3v) is 4.39. The number of allylic oxidation sites excluding steroid dienone is 1. The molecule has 0 spiro atoms. The van der Waals surface area contributed by atoms with Crippen LogP contribution in [-0.2, 0) is 9.53 Å². The van der Waals surface area contributed by atoms with E-state index in [0.717, 1.165) is 0 Å². The maximum atomic E-state index is 12.3. The lowest BCUT2D eigenvalue weighted by Gasteiger charge is -2.24. The van der Waals surface area contributed by atoms with E-state index in [-0.39, 0.29) is 11.7 Å². The predicted molar refractivity (Wildman–Crippen MR) is 109 cm³/mol. The van der Waals surface area contributed by atoms with Gasteiger partial charge in [0.05, 0.1) is 0 Å². The zero-order valence-electron chi connectivity index (χ0n) is 16.4. The Morgan fingerprint density at radius 3 is 2.37 bits per heavy atom. The maximum Gasteiger partial charge on any atom is 0.414 e. The molecule has 4 N–H and O–H groups in total. The summed E-state index contributed by atoms with van der Waals surface area (Å²) < 4.78 is 5.53. The largest absolute Gasteiger partial charge is 0.508 e. The zero-order chi connectivity index (χ0) is 21.9. The highest BCUT2D eigenvalue weighted by molar-refractivity contribution is 6.02. The van der Waals surface area contributed by atoms with E-state index >= 15 is 0 Å². The van der Waals surface area contributed by atoms with Gasteiger partial charge in [-0.2, -0.15) is 0 Å². The van der Waals surface area contributed by atoms with Gasteiger partial charge >= 0.3 is 6.09 Å². The molecular weight excluding hydrogens is 388 g/mol. The molecule has 3 amide bonds. The molecule has 2 aromatic rings. The highest BCUT2D eigenvalue weighted by Crippen LogP contribution is 2.30. The minimum atomic E-state index is -0.885. The van der Waals surface area contributed by atoms with Crippen LogP contribution < -0.4 is 10.8 Å². The molecule has 0 heterocycles. The second-order valence-corrected chi connectivity index (χ2v) is 6.67. The van der Waals surface area contributed by atoms with Crippen LogP contribution >= 0.6 is 0 Å². The van der Waals surface area contributed by atoms with Crippen LogP contribution in [0.1, 0.15) is 41.8 Å². The zero-order valence-corrected chi connectivity index (χ0v) is 16.4. The molecule has 0 radical (unpaired) electrons. The van der Waals surface area contributed by atoms with Crippen LogP contribution in [0.5, 0.6) is 5.75 Å². The van der Waals surface area contributed by atoms with Crippen molar-refractivity contribution in [2.24, 2.45) is 5.92 Å². The van der Waals surface area contributed by atoms with Crippen molar-refractivity contribution >= 4 is 17.9 Å². The summed E-state index contributed by atoms with van der Waals surface area (Å²) in [4.78, 5) is 35.5. The third-order valence-electron chi connectivity index (χ3n) is 4.39. The van der Waals surface area contributed by atoms with Gasteiger partial charge in [0.25, 0.3) is 11.8 Å². The Morgan fingerprint density at radius 2 is 1.73 bits per heavy atom. The van der Waals surface area contributed by atoms with Crippen molar-refractivity contribution in [1.82, 2.24) is 10.8 Å². The lowest BCUT2D eigenvalue weighted by molar-refractivity contribution is -0.124. The number of aromatic hydroxyl groups is 1. The van der Waals surface area contributed by atoms with E-state index in [1.165, 1.54) is 23.7 Å². The van der Waals surface area contributed by atoms with Crippen LogP contribution in [0.25, 0.3) is 0 Å². The summed E-state index contributed by atoms with van der Waals surface area (Å²) in [5.74, 6) is -1.30. The van der Waals surface area contributed by atoms with Crippen molar-refractivity contribution in [3.8, 4) is 5.75 Å². The topological polar surface area (TPSA) is 125 Å². The molecule has 8 heteroatoms. The van der Waals surface area contributed by atoms with E-state index in [2.05, 4.69) is 5.32 Å². The van der Waals surface area contributed by atoms with Gasteiger partial charge in [-0.25, -0.2) is 10.3 Å². The minimum absolute atomic E-state index is 0.0757. The van der Waals surface area contributed by atoms with Gasteiger partial charge in [-0.05, 0) is 48.6 Å². The van der Waals surface area contributed by atoms with Gasteiger partial charge in [0, 0.05) is 11.6 Å². The number of phenols is 1. The van der Waals surface area contributed by atoms with Gasteiger partial charge in [-0.3, -0.25) is 20.1 Å². The number of hydroxylamine groups is 1. The van der Waals surface area contributed by atoms with Crippen LogP contribution in [-0.4, -0.2) is 28.2 Å². The second-order valence-electron chi connectivity index (χ2n) is 6.67. The van der Waals surface area contributed by atoms with Crippen molar-refractivity contribution in [3.63, 3.8) is 0 Å². The van der Waals surface area contributed by atoms with Crippen molar-refractivity contribution in [2.45, 2.75) is 25.9 Å². The number of hydrogen-bond acceptors (Lipinski definition) is 6. The molecule has 0 fully saturated rings. The van der Waals surface area contributed by atoms with Gasteiger partial charge < -0.3 is 9.84 Å². The highest BCUT2D eigenvalue weighted by atomic mass is 16.6. The van der Waals surface area contributed by atoms with E-state index in [1.54, 1.807) is 48.5 Å². The number of alkyl carbamates (subject to hydrolysis) is 1. The molecule has 8 nitrogen and oxygen atoms in total. The van der Waals surface area contributed by atoms with Gasteiger partial charge in [-0.15, -0.1) is 0 Å². The number of phenolic OH excluding ortho intramolecular Hbond substituents is 1. The number of amides is 3. The molecule has 0 bridgehead atoms. The van der Waals surface area contributed by atoms with E-state index < -0.39 is 24.0 Å². The fourth-order valence-corrected chi connectivity index (χ4v) is 2.81. The molecule has 0 unspecified atom stereocenters. The van der Waals surface area contributed by atoms with Crippen LogP contribution in [0.3, 0.4) is 0 Å². The number of carbonyl (C=O) groups excluding carboxylic acids is 3. The summed E-state index contributed by atoms with van der Waals surface area (Å²) >= 11 is 0. The number of benzene rings is 2. The molecule has 0 saturated heterocycles. The van der Waals surface area contributed by atoms with Gasteiger partial charge in [0.2, 0.25) is 0 Å². The molecule has 0 saturated carbocycles. The molecular formula is C22H24N2O6. The number of imide groups is 1. The van der Waals surface area contributed by atoms with Crippen molar-refractivity contribution in [2.75, 3.05) is 0 Å². The van der Waals surface area contributed by atoms with E-state index in [4.69, 9.17) is 9.94 Å². The molecule has 0 aliphatic heterocycles. The second kappa shape index (κ2) is 11.4. The first-order valence-electron chi connectivity index (χ1n) is 9.37. The van der Waals surface area contributed by atoms with Gasteiger partial charge in [0.15, 0.2) is 0 Å². The van der Waals surface area contributed by atoms with Crippen LogP contribution in [0.2, 0.25) is 0 Å². The number of ether oxygens (including phenoxy) is 1. The third kappa shape index (κ3) is 7.06. The number of rotatable bonds is 8. The Balaban J connectivity index is 2.06. The highest BCUT2D eigenvalue weighted by Gasteiger charge is 2.24. The smallest absolute Gasteiger partial charge is 0.414 e. The first-order chi connectivity index (χ1) is 14.4. The van der Waals surface area contributed by atoms with Crippen molar-refractivity contribution in [3.05, 3.63) is 77.9 Å². The fraction of sp³-hybridized carbons (Fsp3) is 0.227. The lowest BCUT2D eigenvalue weighted by atomic mass is 9.93. The van der Waals surface area contributed by atoms with Gasteiger partial charge in [0.1, 0.15) is 11.9 Å². The van der Waals surface area contributed by atoms with Crippen molar-refractivity contribution < 1.29 is 29.4 Å². The normalized spacial score (nSPS) is 12.7. The molecule has 0 aromatic heterocycles. The van der Waals surface area contributed by atoms with Gasteiger partial charge in [-0.1, -0.05) is 43.3 Å². The summed E-state index contributed by atoms with van der Waals surface area (Å²) in [6.45, 7) is 1.86.